The largest absolute Gasteiger partial charge is 0.481 e. The number of fused-ring (bicyclic) bond motifs is 3. The molecule has 0 aromatic heterocycles. The summed E-state index contributed by atoms with van der Waals surface area (Å²) in [4.78, 5) is 38.9. The molecule has 0 saturated heterocycles. The van der Waals surface area contributed by atoms with E-state index >= 15 is 0 Å². The van der Waals surface area contributed by atoms with Crippen LogP contribution in [0.4, 0.5) is 4.79 Å². The molecule has 4 rings (SSSR count). The molecule has 0 heterocycles. The Morgan fingerprint density at radius 2 is 1.59 bits per heavy atom. The highest BCUT2D eigenvalue weighted by molar-refractivity contribution is 5.87. The van der Waals surface area contributed by atoms with Crippen LogP contribution >= 0.6 is 0 Å². The van der Waals surface area contributed by atoms with Crippen molar-refractivity contribution < 1.29 is 24.2 Å². The highest BCUT2D eigenvalue weighted by atomic mass is 16.5. The minimum absolute atomic E-state index is 0.0426. The van der Waals surface area contributed by atoms with Crippen LogP contribution in [0.1, 0.15) is 57.1 Å². The van der Waals surface area contributed by atoms with E-state index in [0.717, 1.165) is 35.1 Å². The number of carboxylic acid groups (broad SMARTS) is 1. The number of carbonyl (C=O) groups is 3. The smallest absolute Gasteiger partial charge is 0.407 e. The molecule has 0 radical (unpaired) electrons. The summed E-state index contributed by atoms with van der Waals surface area (Å²) in [6.45, 7) is 5.93. The number of rotatable bonds is 8. The van der Waals surface area contributed by atoms with Crippen molar-refractivity contribution in [2.24, 2.45) is 5.41 Å². The molecule has 7 heteroatoms. The lowest BCUT2D eigenvalue weighted by Gasteiger charge is -2.34. The fourth-order valence-electron chi connectivity index (χ4n) is 4.65. The van der Waals surface area contributed by atoms with E-state index in [-0.39, 0.29) is 37.4 Å². The van der Waals surface area contributed by atoms with Crippen LogP contribution in [0.15, 0.2) is 48.5 Å². The summed E-state index contributed by atoms with van der Waals surface area (Å²) in [6, 6.07) is 15.4. The van der Waals surface area contributed by atoms with E-state index in [4.69, 9.17) is 9.84 Å². The van der Waals surface area contributed by atoms with E-state index in [2.05, 4.69) is 29.6 Å². The van der Waals surface area contributed by atoms with Crippen molar-refractivity contribution in [3.63, 3.8) is 0 Å². The maximum atomic E-state index is 13.4. The number of nitrogens with zero attached hydrogens (tertiary/aromatic N) is 1. The molecule has 0 spiro atoms. The van der Waals surface area contributed by atoms with Crippen LogP contribution in [-0.2, 0) is 14.3 Å². The second-order valence-corrected chi connectivity index (χ2v) is 10.2. The van der Waals surface area contributed by atoms with Crippen molar-refractivity contribution in [3.05, 3.63) is 59.7 Å². The minimum atomic E-state index is -0.949. The number of carboxylic acids is 1. The van der Waals surface area contributed by atoms with Gasteiger partial charge in [0.25, 0.3) is 0 Å². The van der Waals surface area contributed by atoms with Gasteiger partial charge in [0.2, 0.25) is 5.91 Å². The molecule has 2 aliphatic carbocycles. The monoisotopic (exact) mass is 464 g/mol. The molecule has 0 bridgehead atoms. The molecule has 0 unspecified atom stereocenters. The molecule has 1 fully saturated rings. The van der Waals surface area contributed by atoms with Crippen LogP contribution in [0.25, 0.3) is 11.1 Å². The zero-order valence-electron chi connectivity index (χ0n) is 19.9. The van der Waals surface area contributed by atoms with Gasteiger partial charge in [0, 0.05) is 18.5 Å². The van der Waals surface area contributed by atoms with Crippen LogP contribution in [-0.4, -0.2) is 53.2 Å². The molecule has 1 atom stereocenters. The van der Waals surface area contributed by atoms with E-state index in [1.807, 2.05) is 45.0 Å². The number of aliphatic carboxylic acids is 1. The van der Waals surface area contributed by atoms with Gasteiger partial charge < -0.3 is 20.1 Å². The van der Waals surface area contributed by atoms with Crippen molar-refractivity contribution >= 4 is 18.0 Å². The quantitative estimate of drug-likeness (QED) is 0.604. The SMILES string of the molecule is CC(C)(C)[C@@H](NC(=O)OCC1c2ccccc2-c2ccccc21)C(=O)N(CCC(=O)O)C1CC1. The number of amides is 2. The van der Waals surface area contributed by atoms with Crippen molar-refractivity contribution in [1.82, 2.24) is 10.2 Å². The van der Waals surface area contributed by atoms with Crippen molar-refractivity contribution in [2.75, 3.05) is 13.2 Å². The van der Waals surface area contributed by atoms with Crippen molar-refractivity contribution in [2.45, 2.75) is 58.0 Å². The maximum Gasteiger partial charge on any atom is 0.407 e. The van der Waals surface area contributed by atoms with E-state index in [1.54, 1.807) is 4.90 Å². The first-order chi connectivity index (χ1) is 16.2. The lowest BCUT2D eigenvalue weighted by Crippen LogP contribution is -2.55. The van der Waals surface area contributed by atoms with Gasteiger partial charge in [-0.3, -0.25) is 9.59 Å². The molecule has 0 aliphatic heterocycles. The fraction of sp³-hybridized carbons (Fsp3) is 0.444. The molecule has 2 aromatic rings. The molecule has 2 aromatic carbocycles. The van der Waals surface area contributed by atoms with Gasteiger partial charge in [0.1, 0.15) is 12.6 Å². The van der Waals surface area contributed by atoms with Crippen LogP contribution in [0.2, 0.25) is 0 Å². The molecule has 2 N–H and O–H groups in total. The molecule has 34 heavy (non-hydrogen) atoms. The van der Waals surface area contributed by atoms with E-state index in [0.29, 0.717) is 0 Å². The molecule has 7 nitrogen and oxygen atoms in total. The predicted octanol–water partition coefficient (Wildman–Crippen LogP) is 4.41. The van der Waals surface area contributed by atoms with E-state index < -0.39 is 23.5 Å². The van der Waals surface area contributed by atoms with Crippen LogP contribution in [0, 0.1) is 5.41 Å². The number of carbonyl (C=O) groups excluding carboxylic acids is 2. The predicted molar refractivity (Wildman–Crippen MR) is 128 cm³/mol. The maximum absolute atomic E-state index is 13.4. The number of nitrogens with one attached hydrogen (secondary N) is 1. The molecule has 2 aliphatic rings. The van der Waals surface area contributed by atoms with Gasteiger partial charge in [-0.25, -0.2) is 4.79 Å². The summed E-state index contributed by atoms with van der Waals surface area (Å²) in [5.74, 6) is -1.28. The second-order valence-electron chi connectivity index (χ2n) is 10.2. The Balaban J connectivity index is 1.45. The Kier molecular flexibility index (Phi) is 6.64. The average molecular weight is 465 g/mol. The first-order valence-electron chi connectivity index (χ1n) is 11.8. The third-order valence-electron chi connectivity index (χ3n) is 6.56. The average Bonchev–Trinajstić information content (AvgIpc) is 3.57. The van der Waals surface area contributed by atoms with E-state index in [9.17, 15) is 14.4 Å². The lowest BCUT2D eigenvalue weighted by molar-refractivity contribution is -0.140. The summed E-state index contributed by atoms with van der Waals surface area (Å²) in [6.07, 6.45) is 0.939. The Morgan fingerprint density at radius 1 is 1.03 bits per heavy atom. The Hall–Kier alpha value is -3.35. The number of hydrogen-bond donors (Lipinski definition) is 2. The zero-order chi connectivity index (χ0) is 24.5. The molecular formula is C27H32N2O5. The molecule has 1 saturated carbocycles. The highest BCUT2D eigenvalue weighted by Gasteiger charge is 2.41. The minimum Gasteiger partial charge on any atom is -0.481 e. The second kappa shape index (κ2) is 9.49. The summed E-state index contributed by atoms with van der Waals surface area (Å²) >= 11 is 0. The number of alkyl carbamates (subject to hydrolysis) is 1. The first kappa shape index (κ1) is 23.8. The number of ether oxygens (including phenoxy) is 1. The van der Waals surface area contributed by atoms with Crippen LogP contribution in [0.5, 0.6) is 0 Å². The first-order valence-corrected chi connectivity index (χ1v) is 11.8. The van der Waals surface area contributed by atoms with Crippen LogP contribution < -0.4 is 5.32 Å². The third kappa shape index (κ3) is 5.08. The van der Waals surface area contributed by atoms with Crippen molar-refractivity contribution in [3.8, 4) is 11.1 Å². The standard InChI is InChI=1S/C27H32N2O5/c1-27(2,3)24(25(32)29(17-12-13-17)15-14-23(30)31)28-26(33)34-16-22-20-10-6-4-8-18(20)19-9-5-7-11-21(19)22/h4-11,17,22,24H,12-16H2,1-3H3,(H,28,33)(H,30,31)/t24-/m0/s1. The molecule has 180 valence electrons. The summed E-state index contributed by atoms with van der Waals surface area (Å²) in [5, 5.41) is 11.9. The summed E-state index contributed by atoms with van der Waals surface area (Å²) < 4.78 is 5.65. The van der Waals surface area contributed by atoms with Gasteiger partial charge in [0.15, 0.2) is 0 Å². The number of benzene rings is 2. The summed E-state index contributed by atoms with van der Waals surface area (Å²) in [7, 11) is 0. The Morgan fingerprint density at radius 3 is 2.09 bits per heavy atom. The van der Waals surface area contributed by atoms with Gasteiger partial charge in [-0.1, -0.05) is 69.3 Å². The van der Waals surface area contributed by atoms with Gasteiger partial charge in [-0.05, 0) is 40.5 Å². The van der Waals surface area contributed by atoms with Gasteiger partial charge in [0.05, 0.1) is 6.42 Å². The molecule has 2 amide bonds. The van der Waals surface area contributed by atoms with Gasteiger partial charge >= 0.3 is 12.1 Å². The van der Waals surface area contributed by atoms with E-state index in [1.165, 1.54) is 0 Å². The Labute approximate surface area is 200 Å². The Bertz CT molecular complexity index is 1040. The topological polar surface area (TPSA) is 95.9 Å². The summed E-state index contributed by atoms with van der Waals surface area (Å²) in [5.41, 5.74) is 3.96. The van der Waals surface area contributed by atoms with Gasteiger partial charge in [-0.2, -0.15) is 0 Å². The zero-order valence-corrected chi connectivity index (χ0v) is 19.9. The molecular weight excluding hydrogens is 432 g/mol. The number of hydrogen-bond acceptors (Lipinski definition) is 4. The van der Waals surface area contributed by atoms with Crippen molar-refractivity contribution in [1.29, 1.82) is 0 Å². The lowest BCUT2D eigenvalue weighted by atomic mass is 9.85. The van der Waals surface area contributed by atoms with Gasteiger partial charge in [-0.15, -0.1) is 0 Å². The normalized spacial score (nSPS) is 15.7. The highest BCUT2D eigenvalue weighted by Crippen LogP contribution is 2.44. The fourth-order valence-corrected chi connectivity index (χ4v) is 4.65. The van der Waals surface area contributed by atoms with Crippen LogP contribution in [0.3, 0.4) is 0 Å². The third-order valence-corrected chi connectivity index (χ3v) is 6.56.